The molecule has 1 aliphatic heterocycles. The van der Waals surface area contributed by atoms with E-state index >= 15 is 0 Å². The van der Waals surface area contributed by atoms with Crippen LogP contribution in [-0.4, -0.2) is 29.6 Å². The van der Waals surface area contributed by atoms with Crippen LogP contribution in [0.1, 0.15) is 48.3 Å². The van der Waals surface area contributed by atoms with E-state index in [0.717, 1.165) is 43.5 Å². The van der Waals surface area contributed by atoms with Crippen LogP contribution in [-0.2, 0) is 6.18 Å². The molecular formula is C21H24F3NO. The predicted octanol–water partition coefficient (Wildman–Crippen LogP) is 5.42. The summed E-state index contributed by atoms with van der Waals surface area (Å²) in [5.41, 5.74) is 0.564. The van der Waals surface area contributed by atoms with Gasteiger partial charge in [-0.25, -0.2) is 0 Å². The van der Waals surface area contributed by atoms with E-state index in [1.165, 1.54) is 6.07 Å². The van der Waals surface area contributed by atoms with E-state index in [2.05, 4.69) is 11.9 Å². The van der Waals surface area contributed by atoms with E-state index in [-0.39, 0.29) is 11.7 Å². The zero-order valence-corrected chi connectivity index (χ0v) is 14.8. The highest BCUT2D eigenvalue weighted by Gasteiger charge is 2.33. The van der Waals surface area contributed by atoms with Gasteiger partial charge < -0.3 is 10.0 Å². The summed E-state index contributed by atoms with van der Waals surface area (Å²) in [6, 6.07) is 13.0. The van der Waals surface area contributed by atoms with Crippen LogP contribution in [0.3, 0.4) is 0 Å². The van der Waals surface area contributed by atoms with Gasteiger partial charge in [-0.1, -0.05) is 36.8 Å². The summed E-state index contributed by atoms with van der Waals surface area (Å²) in [5, 5.41) is 10.3. The van der Waals surface area contributed by atoms with Crippen LogP contribution in [0.2, 0.25) is 0 Å². The fraction of sp³-hybridized carbons (Fsp3) is 0.429. The van der Waals surface area contributed by atoms with E-state index in [4.69, 9.17) is 0 Å². The van der Waals surface area contributed by atoms with Gasteiger partial charge in [-0.05, 0) is 56.6 Å². The largest absolute Gasteiger partial charge is 0.508 e. The monoisotopic (exact) mass is 363 g/mol. The first-order valence-electron chi connectivity index (χ1n) is 9.01. The molecule has 0 aromatic heterocycles. The number of phenols is 1. The average Bonchev–Trinajstić information content (AvgIpc) is 2.61. The number of aromatic hydroxyl groups is 1. The minimum Gasteiger partial charge on any atom is -0.508 e. The number of phenolic OH excluding ortho intramolecular Hbond substituents is 1. The highest BCUT2D eigenvalue weighted by molar-refractivity contribution is 5.44. The Bertz CT molecular complexity index is 730. The zero-order chi connectivity index (χ0) is 18.7. The second-order valence-corrected chi connectivity index (χ2v) is 7.10. The van der Waals surface area contributed by atoms with E-state index in [1.807, 2.05) is 30.3 Å². The number of likely N-dealkylation sites (tertiary alicyclic amines) is 1. The van der Waals surface area contributed by atoms with Gasteiger partial charge >= 0.3 is 6.18 Å². The molecule has 1 aliphatic rings. The van der Waals surface area contributed by atoms with Crippen LogP contribution >= 0.6 is 0 Å². The SMILES string of the molecule is CN1CCCCC1CC(c1ccccc1)c1cc(C(F)(F)F)ccc1O. The number of piperidine rings is 1. The van der Waals surface area contributed by atoms with Gasteiger partial charge in [0.05, 0.1) is 5.56 Å². The number of halogens is 3. The topological polar surface area (TPSA) is 23.5 Å². The molecule has 1 N–H and O–H groups in total. The summed E-state index contributed by atoms with van der Waals surface area (Å²) in [7, 11) is 2.07. The van der Waals surface area contributed by atoms with Gasteiger partial charge in [-0.15, -0.1) is 0 Å². The number of benzene rings is 2. The molecule has 0 bridgehead atoms. The van der Waals surface area contributed by atoms with E-state index in [9.17, 15) is 18.3 Å². The predicted molar refractivity (Wildman–Crippen MR) is 96.3 cm³/mol. The van der Waals surface area contributed by atoms with Gasteiger partial charge in [0, 0.05) is 17.5 Å². The lowest BCUT2D eigenvalue weighted by molar-refractivity contribution is -0.137. The molecular weight excluding hydrogens is 339 g/mol. The molecule has 2 aromatic carbocycles. The highest BCUT2D eigenvalue weighted by atomic mass is 19.4. The van der Waals surface area contributed by atoms with Gasteiger partial charge in [-0.3, -0.25) is 0 Å². The molecule has 0 saturated carbocycles. The molecule has 1 saturated heterocycles. The summed E-state index contributed by atoms with van der Waals surface area (Å²) < 4.78 is 39.6. The van der Waals surface area contributed by atoms with E-state index < -0.39 is 11.7 Å². The minimum atomic E-state index is -4.43. The molecule has 5 heteroatoms. The molecule has 0 radical (unpaired) electrons. The third-order valence-electron chi connectivity index (χ3n) is 5.36. The molecule has 0 spiro atoms. The molecule has 2 unspecified atom stereocenters. The van der Waals surface area contributed by atoms with Crippen molar-refractivity contribution in [3.8, 4) is 5.75 Å². The molecule has 2 nitrogen and oxygen atoms in total. The molecule has 1 fully saturated rings. The molecule has 2 aromatic rings. The Morgan fingerprint density at radius 3 is 2.50 bits per heavy atom. The first-order chi connectivity index (χ1) is 12.4. The minimum absolute atomic E-state index is 0.0784. The Morgan fingerprint density at radius 1 is 1.12 bits per heavy atom. The first-order valence-corrected chi connectivity index (χ1v) is 9.01. The van der Waals surface area contributed by atoms with Crippen molar-refractivity contribution < 1.29 is 18.3 Å². The van der Waals surface area contributed by atoms with Crippen LogP contribution in [0.5, 0.6) is 5.75 Å². The van der Waals surface area contributed by atoms with Crippen molar-refractivity contribution in [3.05, 3.63) is 65.2 Å². The Morgan fingerprint density at radius 2 is 1.85 bits per heavy atom. The number of rotatable bonds is 4. The molecule has 26 heavy (non-hydrogen) atoms. The fourth-order valence-corrected chi connectivity index (χ4v) is 3.85. The maximum Gasteiger partial charge on any atom is 0.416 e. The normalized spacial score (nSPS) is 20.1. The smallest absolute Gasteiger partial charge is 0.416 e. The van der Waals surface area contributed by atoms with Crippen molar-refractivity contribution in [2.75, 3.05) is 13.6 Å². The lowest BCUT2D eigenvalue weighted by Crippen LogP contribution is -2.37. The Kier molecular flexibility index (Phi) is 5.56. The maximum absolute atomic E-state index is 13.2. The summed E-state index contributed by atoms with van der Waals surface area (Å²) in [6.45, 7) is 1.00. The summed E-state index contributed by atoms with van der Waals surface area (Å²) in [6.07, 6.45) is -0.427. The Balaban J connectivity index is 2.01. The highest BCUT2D eigenvalue weighted by Crippen LogP contribution is 2.40. The summed E-state index contributed by atoms with van der Waals surface area (Å²) >= 11 is 0. The van der Waals surface area contributed by atoms with Crippen LogP contribution < -0.4 is 0 Å². The van der Waals surface area contributed by atoms with Crippen LogP contribution in [0.4, 0.5) is 13.2 Å². The average molecular weight is 363 g/mol. The Hall–Kier alpha value is -2.01. The zero-order valence-electron chi connectivity index (χ0n) is 14.8. The number of hydrogen-bond acceptors (Lipinski definition) is 2. The van der Waals surface area contributed by atoms with Crippen molar-refractivity contribution in [2.45, 2.75) is 43.8 Å². The molecule has 1 heterocycles. The third-order valence-corrected chi connectivity index (χ3v) is 5.36. The van der Waals surface area contributed by atoms with Crippen molar-refractivity contribution in [1.29, 1.82) is 0 Å². The van der Waals surface area contributed by atoms with E-state index in [1.54, 1.807) is 0 Å². The molecule has 2 atom stereocenters. The molecule has 140 valence electrons. The van der Waals surface area contributed by atoms with Crippen molar-refractivity contribution >= 4 is 0 Å². The van der Waals surface area contributed by atoms with Crippen LogP contribution in [0.25, 0.3) is 0 Å². The third kappa shape index (κ3) is 4.21. The quantitative estimate of drug-likeness (QED) is 0.784. The van der Waals surface area contributed by atoms with E-state index in [0.29, 0.717) is 18.0 Å². The van der Waals surface area contributed by atoms with Gasteiger partial charge in [0.2, 0.25) is 0 Å². The lowest BCUT2D eigenvalue weighted by atomic mass is 9.82. The summed E-state index contributed by atoms with van der Waals surface area (Å²) in [4.78, 5) is 2.28. The number of alkyl halides is 3. The van der Waals surface area contributed by atoms with Gasteiger partial charge in [0.15, 0.2) is 0 Å². The second kappa shape index (κ2) is 7.70. The second-order valence-electron chi connectivity index (χ2n) is 7.10. The van der Waals surface area contributed by atoms with Crippen LogP contribution in [0.15, 0.2) is 48.5 Å². The lowest BCUT2D eigenvalue weighted by Gasteiger charge is -2.35. The van der Waals surface area contributed by atoms with Crippen molar-refractivity contribution in [2.24, 2.45) is 0 Å². The Labute approximate surface area is 152 Å². The van der Waals surface area contributed by atoms with Crippen molar-refractivity contribution in [1.82, 2.24) is 4.90 Å². The maximum atomic E-state index is 13.2. The van der Waals surface area contributed by atoms with Gasteiger partial charge in [0.1, 0.15) is 5.75 Å². The molecule has 0 aliphatic carbocycles. The van der Waals surface area contributed by atoms with Gasteiger partial charge in [-0.2, -0.15) is 13.2 Å². The first kappa shape index (κ1) is 18.8. The molecule has 0 amide bonds. The standard InChI is InChI=1S/C21H24F3NO/c1-25-12-6-5-9-17(25)14-18(15-7-3-2-4-8-15)19-13-16(21(22,23)24)10-11-20(19)26/h2-4,7-8,10-11,13,17-18,26H,5-6,9,12,14H2,1H3. The summed E-state index contributed by atoms with van der Waals surface area (Å²) in [5.74, 6) is -0.352. The van der Waals surface area contributed by atoms with Crippen LogP contribution in [0, 0.1) is 0 Å². The molecule has 3 rings (SSSR count). The number of nitrogens with zero attached hydrogens (tertiary/aromatic N) is 1. The number of hydrogen-bond donors (Lipinski definition) is 1. The van der Waals surface area contributed by atoms with Gasteiger partial charge in [0.25, 0.3) is 0 Å². The van der Waals surface area contributed by atoms with Crippen molar-refractivity contribution in [3.63, 3.8) is 0 Å². The fourth-order valence-electron chi connectivity index (χ4n) is 3.85.